The van der Waals surface area contributed by atoms with Gasteiger partial charge in [-0.05, 0) is 34.0 Å². The predicted octanol–water partition coefficient (Wildman–Crippen LogP) is 3.01. The summed E-state index contributed by atoms with van der Waals surface area (Å²) in [6.07, 6.45) is 0. The maximum absolute atomic E-state index is 5.03. The molecule has 0 aliphatic rings. The topological polar surface area (TPSA) is 38.9 Å². The van der Waals surface area contributed by atoms with Crippen LogP contribution in [0.25, 0.3) is 10.8 Å². The lowest BCUT2D eigenvalue weighted by molar-refractivity contribution is 0.426. The van der Waals surface area contributed by atoms with Crippen molar-refractivity contribution in [3.63, 3.8) is 0 Å². The van der Waals surface area contributed by atoms with Crippen LogP contribution in [0.4, 0.5) is 0 Å². The quantitative estimate of drug-likeness (QED) is 0.687. The molecule has 6 heteroatoms. The van der Waals surface area contributed by atoms with Crippen LogP contribution in [0.15, 0.2) is 16.0 Å². The van der Waals surface area contributed by atoms with Crippen molar-refractivity contribution in [3.8, 4) is 10.8 Å². The van der Waals surface area contributed by atoms with E-state index in [1.807, 2.05) is 34.0 Å². The van der Waals surface area contributed by atoms with Crippen LogP contribution in [0, 0.1) is 7.40 Å². The van der Waals surface area contributed by atoms with E-state index in [0.717, 1.165) is 8.45 Å². The zero-order valence-corrected chi connectivity index (χ0v) is 10.8. The molecule has 3 nitrogen and oxygen atoms in total. The van der Waals surface area contributed by atoms with Gasteiger partial charge in [0.2, 0.25) is 3.83 Å². The first-order valence-corrected chi connectivity index (χ1v) is 6.03. The fourth-order valence-corrected chi connectivity index (χ4v) is 2.80. The van der Waals surface area contributed by atoms with Gasteiger partial charge in [-0.25, -0.2) is 0 Å². The fourth-order valence-electron chi connectivity index (χ4n) is 0.744. The van der Waals surface area contributed by atoms with Crippen LogP contribution in [0.1, 0.15) is 0 Å². The van der Waals surface area contributed by atoms with Gasteiger partial charge in [0, 0.05) is 26.2 Å². The van der Waals surface area contributed by atoms with Gasteiger partial charge in [-0.2, -0.15) is 4.98 Å². The maximum atomic E-state index is 5.03. The molecule has 2 heterocycles. The Morgan fingerprint density at radius 2 is 2.25 bits per heavy atom. The van der Waals surface area contributed by atoms with Crippen molar-refractivity contribution in [2.24, 2.45) is 0 Å². The molecule has 2 rings (SSSR count). The highest BCUT2D eigenvalue weighted by molar-refractivity contribution is 14.1. The first-order valence-electron chi connectivity index (χ1n) is 3.00. The Labute approximate surface area is 99.8 Å². The second kappa shape index (κ2) is 3.58. The summed E-state index contributed by atoms with van der Waals surface area (Å²) in [6, 6.07) is 2.03. The van der Waals surface area contributed by atoms with E-state index in [1.165, 1.54) is 0 Å². The second-order valence-corrected chi connectivity index (χ2v) is 5.01. The SMILES string of the molecule is Ic1noc(-c2sccc2I)n1. The molecule has 0 atom stereocenters. The molecule has 2 aromatic heterocycles. The average molecular weight is 404 g/mol. The van der Waals surface area contributed by atoms with Crippen molar-refractivity contribution >= 4 is 56.5 Å². The van der Waals surface area contributed by atoms with E-state index in [2.05, 4.69) is 32.7 Å². The molecule has 0 aliphatic heterocycles. The molecular weight excluding hydrogens is 402 g/mol. The van der Waals surface area contributed by atoms with Crippen LogP contribution >= 0.6 is 56.5 Å². The molecule has 0 saturated carbocycles. The largest absolute Gasteiger partial charge is 0.332 e. The number of hydrogen-bond acceptors (Lipinski definition) is 4. The van der Waals surface area contributed by atoms with Gasteiger partial charge >= 0.3 is 0 Å². The molecule has 0 spiro atoms. The van der Waals surface area contributed by atoms with Crippen LogP contribution in [-0.2, 0) is 0 Å². The number of hydrogen-bond donors (Lipinski definition) is 0. The van der Waals surface area contributed by atoms with Gasteiger partial charge < -0.3 is 4.52 Å². The molecule has 0 saturated heterocycles. The van der Waals surface area contributed by atoms with Gasteiger partial charge in [-0.15, -0.1) is 11.3 Å². The Kier molecular flexibility index (Phi) is 2.65. The van der Waals surface area contributed by atoms with Crippen molar-refractivity contribution < 1.29 is 4.52 Å². The number of rotatable bonds is 1. The van der Waals surface area contributed by atoms with E-state index in [4.69, 9.17) is 4.52 Å². The van der Waals surface area contributed by atoms with Crippen LogP contribution < -0.4 is 0 Å². The monoisotopic (exact) mass is 404 g/mol. The lowest BCUT2D eigenvalue weighted by Gasteiger charge is -1.86. The minimum Gasteiger partial charge on any atom is -0.332 e. The minimum atomic E-state index is 0.610. The van der Waals surface area contributed by atoms with E-state index < -0.39 is 0 Å². The number of thiophene rings is 1. The zero-order chi connectivity index (χ0) is 8.55. The molecule has 12 heavy (non-hydrogen) atoms. The summed E-state index contributed by atoms with van der Waals surface area (Å²) in [6.45, 7) is 0. The molecule has 62 valence electrons. The smallest absolute Gasteiger partial charge is 0.269 e. The highest BCUT2D eigenvalue weighted by Crippen LogP contribution is 2.29. The van der Waals surface area contributed by atoms with Crippen molar-refractivity contribution in [1.29, 1.82) is 0 Å². The number of nitrogens with zero attached hydrogens (tertiary/aromatic N) is 2. The zero-order valence-electron chi connectivity index (χ0n) is 5.62. The van der Waals surface area contributed by atoms with Crippen molar-refractivity contribution in [1.82, 2.24) is 10.1 Å². The van der Waals surface area contributed by atoms with E-state index in [-0.39, 0.29) is 0 Å². The summed E-state index contributed by atoms with van der Waals surface area (Å²) < 4.78 is 6.82. The fraction of sp³-hybridized carbons (Fsp3) is 0. The second-order valence-electron chi connectivity index (χ2n) is 1.97. The number of halogens is 2. The van der Waals surface area contributed by atoms with Crippen molar-refractivity contribution in [2.45, 2.75) is 0 Å². The molecule has 2 aromatic rings. The Morgan fingerprint density at radius 1 is 1.42 bits per heavy atom. The summed E-state index contributed by atoms with van der Waals surface area (Å²) in [5.41, 5.74) is 0. The summed E-state index contributed by atoms with van der Waals surface area (Å²) in [7, 11) is 0. The normalized spacial score (nSPS) is 10.5. The first kappa shape index (κ1) is 8.88. The first-order chi connectivity index (χ1) is 5.77. The molecule has 0 fully saturated rings. The Hall–Kier alpha value is 0.300. The Bertz CT molecular complexity index is 398. The van der Waals surface area contributed by atoms with Crippen LogP contribution in [0.5, 0.6) is 0 Å². The van der Waals surface area contributed by atoms with Gasteiger partial charge in [-0.3, -0.25) is 0 Å². The standard InChI is InChI=1S/C6H2I2N2OS/c7-3-1-2-12-4(3)5-9-6(8)10-11-5/h1-2H. The number of aromatic nitrogens is 2. The molecule has 0 aromatic carbocycles. The molecule has 0 amide bonds. The highest BCUT2D eigenvalue weighted by atomic mass is 127. The van der Waals surface area contributed by atoms with E-state index in [9.17, 15) is 0 Å². The lowest BCUT2D eigenvalue weighted by atomic mass is 10.5. The molecule has 0 unspecified atom stereocenters. The maximum Gasteiger partial charge on any atom is 0.269 e. The van der Waals surface area contributed by atoms with Crippen LogP contribution in [0.3, 0.4) is 0 Å². The van der Waals surface area contributed by atoms with Crippen LogP contribution in [-0.4, -0.2) is 10.1 Å². The average Bonchev–Trinajstić information content (AvgIpc) is 2.58. The summed E-state index contributed by atoms with van der Waals surface area (Å²) in [5.74, 6) is 0.610. The molecular formula is C6H2I2N2OS. The van der Waals surface area contributed by atoms with E-state index in [1.54, 1.807) is 11.3 Å². The molecule has 0 N–H and O–H groups in total. The third-order valence-corrected chi connectivity index (χ3v) is 3.82. The van der Waals surface area contributed by atoms with Crippen molar-refractivity contribution in [3.05, 3.63) is 18.8 Å². The predicted molar refractivity (Wildman–Crippen MR) is 63.0 cm³/mol. The third kappa shape index (κ3) is 1.64. The van der Waals surface area contributed by atoms with Gasteiger partial charge in [0.05, 0.1) is 0 Å². The Morgan fingerprint density at radius 3 is 2.75 bits per heavy atom. The van der Waals surface area contributed by atoms with Gasteiger partial charge in [0.25, 0.3) is 5.89 Å². The van der Waals surface area contributed by atoms with E-state index in [0.29, 0.717) is 9.72 Å². The summed E-state index contributed by atoms with van der Waals surface area (Å²) >= 11 is 5.88. The van der Waals surface area contributed by atoms with Crippen LogP contribution in [0.2, 0.25) is 0 Å². The van der Waals surface area contributed by atoms with Gasteiger partial charge in [-0.1, -0.05) is 5.16 Å². The highest BCUT2D eigenvalue weighted by Gasteiger charge is 2.11. The van der Waals surface area contributed by atoms with E-state index >= 15 is 0 Å². The van der Waals surface area contributed by atoms with Gasteiger partial charge in [0.1, 0.15) is 4.88 Å². The Balaban J connectivity index is 2.50. The van der Waals surface area contributed by atoms with Crippen molar-refractivity contribution in [2.75, 3.05) is 0 Å². The summed E-state index contributed by atoms with van der Waals surface area (Å²) in [5, 5.41) is 5.73. The molecule has 0 radical (unpaired) electrons. The lowest BCUT2D eigenvalue weighted by Crippen LogP contribution is -1.74. The third-order valence-electron chi connectivity index (χ3n) is 1.21. The molecule has 0 bridgehead atoms. The minimum absolute atomic E-state index is 0.610. The molecule has 0 aliphatic carbocycles. The van der Waals surface area contributed by atoms with Gasteiger partial charge in [0.15, 0.2) is 0 Å². The summed E-state index contributed by atoms with van der Waals surface area (Å²) in [4.78, 5) is 5.18.